The van der Waals surface area contributed by atoms with Crippen LogP contribution in [0.3, 0.4) is 0 Å². The van der Waals surface area contributed by atoms with Crippen LogP contribution in [0.25, 0.3) is 0 Å². The van der Waals surface area contributed by atoms with Crippen molar-refractivity contribution in [2.45, 2.75) is 0 Å². The molecule has 0 spiro atoms. The van der Waals surface area contributed by atoms with E-state index in [2.05, 4.69) is 0 Å². The summed E-state index contributed by atoms with van der Waals surface area (Å²) in [5.74, 6) is -12.4. The van der Waals surface area contributed by atoms with E-state index in [1.54, 1.807) is 0 Å². The molecular formula is C6H6MnNO12. The van der Waals surface area contributed by atoms with Gasteiger partial charge in [0.05, 0.1) is 23.9 Å². The number of carbonyl (C=O) groups excluding carboxylic acids is 4. The van der Waals surface area contributed by atoms with Crippen molar-refractivity contribution in [2.75, 3.05) is 0 Å². The van der Waals surface area contributed by atoms with Crippen LogP contribution in [-0.2, 0) is 45.8 Å². The normalized spacial score (nSPS) is 6.60. The molecule has 0 radical (unpaired) electrons. The molecule has 0 aliphatic rings. The van der Waals surface area contributed by atoms with Gasteiger partial charge in [0, 0.05) is 0 Å². The van der Waals surface area contributed by atoms with Gasteiger partial charge in [0.15, 0.2) is 0 Å². The third-order valence-electron chi connectivity index (χ3n) is 0.516. The minimum absolute atomic E-state index is 0. The molecular weight excluding hydrogens is 333 g/mol. The average molecular weight is 339 g/mol. The van der Waals surface area contributed by atoms with E-state index < -0.39 is 35.8 Å². The van der Waals surface area contributed by atoms with E-state index in [1.807, 2.05) is 0 Å². The maximum absolute atomic E-state index is 9.10. The number of aliphatic carboxylic acids is 6. The third-order valence-corrected chi connectivity index (χ3v) is 0.516. The molecule has 20 heavy (non-hydrogen) atoms. The van der Waals surface area contributed by atoms with Gasteiger partial charge in [-0.25, -0.2) is 9.59 Å². The maximum Gasteiger partial charge on any atom is 3.00 e. The number of carbonyl (C=O) groups is 6. The molecule has 14 heteroatoms. The molecule has 6 N–H and O–H groups in total. The van der Waals surface area contributed by atoms with Crippen molar-refractivity contribution in [3.05, 3.63) is 0 Å². The zero-order chi connectivity index (χ0) is 15.5. The Morgan fingerprint density at radius 1 is 0.550 bits per heavy atom. The summed E-state index contributed by atoms with van der Waals surface area (Å²) in [5.41, 5.74) is 0. The Labute approximate surface area is 119 Å². The smallest absolute Gasteiger partial charge is 0.543 e. The largest absolute Gasteiger partial charge is 3.00 e. The summed E-state index contributed by atoms with van der Waals surface area (Å²) in [6, 6.07) is 0. The number of hydrogen-bond donors (Lipinski definition) is 3. The molecule has 114 valence electrons. The molecule has 13 nitrogen and oxygen atoms in total. The van der Waals surface area contributed by atoms with Gasteiger partial charge in [0.25, 0.3) is 0 Å². The minimum Gasteiger partial charge on any atom is -0.543 e. The van der Waals surface area contributed by atoms with Crippen molar-refractivity contribution in [1.29, 1.82) is 0 Å². The van der Waals surface area contributed by atoms with E-state index in [0.717, 1.165) is 0 Å². The summed E-state index contributed by atoms with van der Waals surface area (Å²) in [5, 5.41) is 50.5. The van der Waals surface area contributed by atoms with E-state index in [0.29, 0.717) is 0 Å². The zero-order valence-electron chi connectivity index (χ0n) is 9.35. The predicted octanol–water partition coefficient (Wildman–Crippen LogP) is -7.50. The predicted molar refractivity (Wildman–Crippen MR) is 41.3 cm³/mol. The zero-order valence-corrected chi connectivity index (χ0v) is 10.5. The van der Waals surface area contributed by atoms with E-state index in [-0.39, 0.29) is 23.2 Å². The molecule has 0 aliphatic carbocycles. The quantitative estimate of drug-likeness (QED) is 0.274. The number of carboxylic acids is 6. The van der Waals surface area contributed by atoms with Gasteiger partial charge < -0.3 is 56.0 Å². The number of quaternary nitrogens is 1. The van der Waals surface area contributed by atoms with Crippen LogP contribution in [0.5, 0.6) is 0 Å². The molecule has 0 fully saturated rings. The topological polar surface area (TPSA) is 272 Å². The van der Waals surface area contributed by atoms with Gasteiger partial charge in [0.2, 0.25) is 0 Å². The van der Waals surface area contributed by atoms with Crippen LogP contribution in [-0.4, -0.2) is 46.0 Å². The van der Waals surface area contributed by atoms with Crippen LogP contribution in [0.15, 0.2) is 0 Å². The Kier molecular flexibility index (Phi) is 24.8. The van der Waals surface area contributed by atoms with Gasteiger partial charge in [-0.05, 0) is 0 Å². The van der Waals surface area contributed by atoms with Crippen molar-refractivity contribution in [3.63, 3.8) is 0 Å². The molecule has 0 amide bonds. The first-order valence-electron chi connectivity index (χ1n) is 3.24. The Morgan fingerprint density at radius 3 is 0.650 bits per heavy atom. The van der Waals surface area contributed by atoms with Crippen molar-refractivity contribution >= 4 is 35.8 Å². The SMILES string of the molecule is O=C(O)C(=O)O.O=C([O-])C(=O)[O-].O=C([O-])C(=O)[O-].[Mn+3].[NH4+]. The fourth-order valence-electron chi connectivity index (χ4n) is 0. The Hall–Kier alpha value is -2.70. The number of rotatable bonds is 0. The second-order valence-corrected chi connectivity index (χ2v) is 1.76. The second kappa shape index (κ2) is 16.3. The number of carboxylic acid groups (broad SMARTS) is 6. The minimum atomic E-state index is -2.19. The van der Waals surface area contributed by atoms with E-state index in [9.17, 15) is 0 Å². The Bertz CT molecular complexity index is 283. The summed E-state index contributed by atoms with van der Waals surface area (Å²) < 4.78 is 0. The van der Waals surface area contributed by atoms with Gasteiger partial charge >= 0.3 is 29.0 Å². The van der Waals surface area contributed by atoms with Crippen LogP contribution in [0, 0.1) is 0 Å². The van der Waals surface area contributed by atoms with Gasteiger partial charge in [-0.3, -0.25) is 0 Å². The van der Waals surface area contributed by atoms with Crippen molar-refractivity contribution < 1.29 is 76.5 Å². The molecule has 0 aromatic rings. The summed E-state index contributed by atoms with van der Waals surface area (Å²) in [7, 11) is 0. The first kappa shape index (κ1) is 30.4. The molecule has 0 bridgehead atoms. The molecule has 0 unspecified atom stereocenters. The molecule has 0 aromatic carbocycles. The number of hydrogen-bond acceptors (Lipinski definition) is 10. The second-order valence-electron chi connectivity index (χ2n) is 1.76. The van der Waals surface area contributed by atoms with Gasteiger partial charge in [-0.1, -0.05) is 0 Å². The van der Waals surface area contributed by atoms with E-state index in [4.69, 9.17) is 59.4 Å². The van der Waals surface area contributed by atoms with E-state index in [1.165, 1.54) is 0 Å². The first-order chi connectivity index (χ1) is 7.93. The Morgan fingerprint density at radius 2 is 0.650 bits per heavy atom. The molecule has 0 aliphatic heterocycles. The van der Waals surface area contributed by atoms with Crippen LogP contribution in [0.4, 0.5) is 0 Å². The van der Waals surface area contributed by atoms with Crippen molar-refractivity contribution in [2.24, 2.45) is 0 Å². The average Bonchev–Trinajstić information content (AvgIpc) is 2.18. The molecule has 0 aromatic heterocycles. The summed E-state index contributed by atoms with van der Waals surface area (Å²) >= 11 is 0. The molecule has 0 heterocycles. The fourth-order valence-corrected chi connectivity index (χ4v) is 0. The maximum atomic E-state index is 9.10. The van der Waals surface area contributed by atoms with Crippen LogP contribution >= 0.6 is 0 Å². The molecule has 0 saturated heterocycles. The fraction of sp³-hybridized carbons (Fsp3) is 0. The van der Waals surface area contributed by atoms with Crippen molar-refractivity contribution in [1.82, 2.24) is 6.15 Å². The summed E-state index contributed by atoms with van der Waals surface area (Å²) in [4.78, 5) is 53.9. The van der Waals surface area contributed by atoms with Gasteiger partial charge in [-0.2, -0.15) is 0 Å². The monoisotopic (exact) mass is 339 g/mol. The summed E-state index contributed by atoms with van der Waals surface area (Å²) in [6.07, 6.45) is 0. The first-order valence-corrected chi connectivity index (χ1v) is 3.24. The van der Waals surface area contributed by atoms with Crippen LogP contribution in [0.1, 0.15) is 0 Å². The van der Waals surface area contributed by atoms with Crippen molar-refractivity contribution in [3.8, 4) is 0 Å². The van der Waals surface area contributed by atoms with Gasteiger partial charge in [0.1, 0.15) is 0 Å². The van der Waals surface area contributed by atoms with Crippen LogP contribution in [0.2, 0.25) is 0 Å². The van der Waals surface area contributed by atoms with Gasteiger partial charge in [-0.15, -0.1) is 0 Å². The summed E-state index contributed by atoms with van der Waals surface area (Å²) in [6.45, 7) is 0. The van der Waals surface area contributed by atoms with E-state index >= 15 is 0 Å². The van der Waals surface area contributed by atoms with Crippen LogP contribution < -0.4 is 26.6 Å². The molecule has 0 saturated carbocycles. The molecule has 0 atom stereocenters. The molecule has 0 rings (SSSR count). The Balaban J connectivity index is -0.0000000536. The standard InChI is InChI=1S/3C2H2O4.Mn.H3N/c3*3-1(4)2(5)6;;/h3*(H,3,4)(H,5,6);;1H3/q;;;+3;/p-3. The third kappa shape index (κ3) is 36.2.